The number of hydrogen-bond acceptors (Lipinski definition) is 4. The highest BCUT2D eigenvalue weighted by atomic mass is 16.5. The van der Waals surface area contributed by atoms with Gasteiger partial charge in [0.25, 0.3) is 0 Å². The maximum absolute atomic E-state index is 5.81. The van der Waals surface area contributed by atoms with Crippen LogP contribution in [0.4, 0.5) is 0 Å². The molecule has 0 saturated heterocycles. The summed E-state index contributed by atoms with van der Waals surface area (Å²) >= 11 is 0. The molecular formula is C15H19N3O. The Bertz CT molecular complexity index is 542. The summed E-state index contributed by atoms with van der Waals surface area (Å²) in [7, 11) is 0. The Kier molecular flexibility index (Phi) is 3.11. The van der Waals surface area contributed by atoms with Gasteiger partial charge < -0.3 is 10.3 Å². The fourth-order valence-corrected chi connectivity index (χ4v) is 2.99. The van der Waals surface area contributed by atoms with Crippen LogP contribution in [0.3, 0.4) is 0 Å². The minimum Gasteiger partial charge on any atom is -0.338 e. The van der Waals surface area contributed by atoms with Crippen LogP contribution < -0.4 is 5.73 Å². The molecule has 0 amide bonds. The van der Waals surface area contributed by atoms with Crippen LogP contribution in [-0.2, 0) is 5.41 Å². The van der Waals surface area contributed by atoms with Gasteiger partial charge in [-0.25, -0.2) is 0 Å². The number of benzene rings is 1. The van der Waals surface area contributed by atoms with E-state index in [2.05, 4.69) is 34.4 Å². The molecule has 3 rings (SSSR count). The molecule has 1 atom stereocenters. The van der Waals surface area contributed by atoms with Gasteiger partial charge in [-0.15, -0.1) is 0 Å². The zero-order chi connectivity index (χ0) is 13.3. The average molecular weight is 257 g/mol. The molecule has 1 heterocycles. The van der Waals surface area contributed by atoms with Gasteiger partial charge >= 0.3 is 0 Å². The lowest BCUT2D eigenvalue weighted by atomic mass is 9.78. The molecule has 1 saturated carbocycles. The summed E-state index contributed by atoms with van der Waals surface area (Å²) < 4.78 is 5.30. The van der Waals surface area contributed by atoms with E-state index in [-0.39, 0.29) is 11.5 Å². The van der Waals surface area contributed by atoms with Crippen molar-refractivity contribution < 1.29 is 4.52 Å². The third-order valence-electron chi connectivity index (χ3n) is 4.04. The summed E-state index contributed by atoms with van der Waals surface area (Å²) in [4.78, 5) is 4.54. The molecular weight excluding hydrogens is 238 g/mol. The van der Waals surface area contributed by atoms with Gasteiger partial charge in [0.05, 0.1) is 11.5 Å². The summed E-state index contributed by atoms with van der Waals surface area (Å²) in [6.45, 7) is 1.86. The second-order valence-electron chi connectivity index (χ2n) is 5.40. The number of hydrogen-bond donors (Lipinski definition) is 1. The molecule has 0 unspecified atom stereocenters. The monoisotopic (exact) mass is 257 g/mol. The number of aromatic nitrogens is 2. The molecule has 2 aromatic rings. The first-order chi connectivity index (χ1) is 9.22. The Morgan fingerprint density at radius 2 is 1.89 bits per heavy atom. The van der Waals surface area contributed by atoms with E-state index in [0.29, 0.717) is 5.89 Å². The zero-order valence-electron chi connectivity index (χ0n) is 11.2. The number of nitrogens with zero attached hydrogens (tertiary/aromatic N) is 2. The van der Waals surface area contributed by atoms with E-state index < -0.39 is 0 Å². The third-order valence-corrected chi connectivity index (χ3v) is 4.04. The molecule has 0 aliphatic heterocycles. The van der Waals surface area contributed by atoms with Crippen molar-refractivity contribution in [2.75, 3.05) is 0 Å². The second-order valence-corrected chi connectivity index (χ2v) is 5.40. The number of rotatable bonds is 3. The first-order valence-corrected chi connectivity index (χ1v) is 6.87. The van der Waals surface area contributed by atoms with E-state index in [9.17, 15) is 0 Å². The summed E-state index contributed by atoms with van der Waals surface area (Å²) in [6.07, 6.45) is 4.57. The first kappa shape index (κ1) is 12.4. The molecule has 1 aromatic carbocycles. The second kappa shape index (κ2) is 4.78. The molecule has 4 heteroatoms. The van der Waals surface area contributed by atoms with Gasteiger partial charge in [-0.1, -0.05) is 48.3 Å². The van der Waals surface area contributed by atoms with Crippen LogP contribution in [0.2, 0.25) is 0 Å². The molecule has 1 aliphatic carbocycles. The molecule has 0 bridgehead atoms. The van der Waals surface area contributed by atoms with Crippen LogP contribution >= 0.6 is 0 Å². The normalized spacial score (nSPS) is 19.5. The van der Waals surface area contributed by atoms with Gasteiger partial charge in [-0.05, 0) is 25.3 Å². The molecule has 1 aromatic heterocycles. The molecule has 1 aliphatic rings. The maximum atomic E-state index is 5.81. The maximum Gasteiger partial charge on any atom is 0.243 e. The Labute approximate surface area is 113 Å². The van der Waals surface area contributed by atoms with Crippen molar-refractivity contribution in [3.63, 3.8) is 0 Å². The van der Waals surface area contributed by atoms with Crippen molar-refractivity contribution in [2.24, 2.45) is 5.73 Å². The van der Waals surface area contributed by atoms with Crippen molar-refractivity contribution in [3.05, 3.63) is 47.6 Å². The smallest absolute Gasteiger partial charge is 0.243 e. The lowest BCUT2D eigenvalue weighted by molar-refractivity contribution is 0.347. The largest absolute Gasteiger partial charge is 0.338 e. The lowest BCUT2D eigenvalue weighted by Crippen LogP contribution is -2.25. The quantitative estimate of drug-likeness (QED) is 0.918. The summed E-state index contributed by atoms with van der Waals surface area (Å²) in [5.41, 5.74) is 7.01. The Morgan fingerprint density at radius 3 is 2.47 bits per heavy atom. The topological polar surface area (TPSA) is 64.9 Å². The molecule has 0 spiro atoms. The van der Waals surface area contributed by atoms with Crippen molar-refractivity contribution in [1.29, 1.82) is 0 Å². The van der Waals surface area contributed by atoms with E-state index in [0.717, 1.165) is 18.7 Å². The van der Waals surface area contributed by atoms with Crippen molar-refractivity contribution in [3.8, 4) is 0 Å². The third kappa shape index (κ3) is 2.06. The van der Waals surface area contributed by atoms with Crippen LogP contribution in [0.15, 0.2) is 34.9 Å². The van der Waals surface area contributed by atoms with Gasteiger partial charge in [0.2, 0.25) is 5.89 Å². The van der Waals surface area contributed by atoms with E-state index in [4.69, 9.17) is 10.3 Å². The van der Waals surface area contributed by atoms with Gasteiger partial charge in [0.15, 0.2) is 5.82 Å². The number of nitrogens with two attached hydrogens (primary N) is 1. The fraction of sp³-hybridized carbons (Fsp3) is 0.467. The Balaban J connectivity index is 2.05. The van der Waals surface area contributed by atoms with Crippen molar-refractivity contribution in [2.45, 2.75) is 44.1 Å². The molecule has 0 radical (unpaired) electrons. The highest BCUT2D eigenvalue weighted by molar-refractivity contribution is 5.33. The predicted molar refractivity (Wildman–Crippen MR) is 72.6 cm³/mol. The highest BCUT2D eigenvalue weighted by Crippen LogP contribution is 2.45. The fourth-order valence-electron chi connectivity index (χ4n) is 2.99. The molecule has 4 nitrogen and oxygen atoms in total. The SMILES string of the molecule is C[C@@H](N)c1nc(C2(c3ccccc3)CCCC2)no1. The van der Waals surface area contributed by atoms with Gasteiger partial charge in [-0.2, -0.15) is 4.98 Å². The van der Waals surface area contributed by atoms with Crippen LogP contribution in [0, 0.1) is 0 Å². The van der Waals surface area contributed by atoms with Gasteiger partial charge in [0.1, 0.15) is 0 Å². The van der Waals surface area contributed by atoms with Crippen LogP contribution in [-0.4, -0.2) is 10.1 Å². The van der Waals surface area contributed by atoms with Crippen LogP contribution in [0.25, 0.3) is 0 Å². The molecule has 1 fully saturated rings. The van der Waals surface area contributed by atoms with Crippen LogP contribution in [0.5, 0.6) is 0 Å². The summed E-state index contributed by atoms with van der Waals surface area (Å²) in [5, 5.41) is 4.20. The van der Waals surface area contributed by atoms with E-state index in [1.165, 1.54) is 18.4 Å². The molecule has 100 valence electrons. The van der Waals surface area contributed by atoms with E-state index in [1.807, 2.05) is 13.0 Å². The van der Waals surface area contributed by atoms with Gasteiger partial charge in [0, 0.05) is 0 Å². The van der Waals surface area contributed by atoms with Crippen molar-refractivity contribution >= 4 is 0 Å². The summed E-state index contributed by atoms with van der Waals surface area (Å²) in [5.74, 6) is 1.32. The minimum atomic E-state index is -0.213. The highest BCUT2D eigenvalue weighted by Gasteiger charge is 2.41. The lowest BCUT2D eigenvalue weighted by Gasteiger charge is -2.25. The Hall–Kier alpha value is -1.68. The first-order valence-electron chi connectivity index (χ1n) is 6.87. The van der Waals surface area contributed by atoms with E-state index >= 15 is 0 Å². The molecule has 19 heavy (non-hydrogen) atoms. The predicted octanol–water partition coefficient (Wildman–Crippen LogP) is 2.95. The summed E-state index contributed by atoms with van der Waals surface area (Å²) in [6, 6.07) is 10.3. The zero-order valence-corrected chi connectivity index (χ0v) is 11.2. The standard InChI is InChI=1S/C15H19N3O/c1-11(16)13-17-14(18-19-13)15(9-5-6-10-15)12-7-3-2-4-8-12/h2-4,7-8,11H,5-6,9-10,16H2,1H3/t11-/m1/s1. The van der Waals surface area contributed by atoms with Gasteiger partial charge in [-0.3, -0.25) is 0 Å². The van der Waals surface area contributed by atoms with E-state index in [1.54, 1.807) is 0 Å². The average Bonchev–Trinajstić information content (AvgIpc) is 3.09. The Morgan fingerprint density at radius 1 is 1.21 bits per heavy atom. The van der Waals surface area contributed by atoms with Crippen LogP contribution in [0.1, 0.15) is 55.9 Å². The molecule has 2 N–H and O–H groups in total. The minimum absolute atomic E-state index is 0.0854. The van der Waals surface area contributed by atoms with Crippen molar-refractivity contribution in [1.82, 2.24) is 10.1 Å².